The number of aliphatic hydroxyl groups excluding tert-OH is 1. The second kappa shape index (κ2) is 8.12. The molecule has 0 amide bonds. The lowest BCUT2D eigenvalue weighted by atomic mass is 9.52. The first-order chi connectivity index (χ1) is 17.8. The number of hydrogen-bond donors (Lipinski definition) is 6. The molecule has 204 valence electrons. The van der Waals surface area contributed by atoms with Gasteiger partial charge in [-0.15, -0.1) is 0 Å². The van der Waals surface area contributed by atoms with E-state index in [4.69, 9.17) is 9.47 Å². The minimum absolute atomic E-state index is 0.0318. The van der Waals surface area contributed by atoms with Gasteiger partial charge in [0.2, 0.25) is 6.29 Å². The Morgan fingerprint density at radius 2 is 1.79 bits per heavy atom. The fourth-order valence-corrected chi connectivity index (χ4v) is 7.80. The van der Waals surface area contributed by atoms with Crippen LogP contribution in [0.25, 0.3) is 10.8 Å². The summed E-state index contributed by atoms with van der Waals surface area (Å²) in [7, 11) is 0. The van der Waals surface area contributed by atoms with Gasteiger partial charge in [0.25, 0.3) is 0 Å². The van der Waals surface area contributed by atoms with Gasteiger partial charge in [-0.3, -0.25) is 4.79 Å². The lowest BCUT2D eigenvalue weighted by Gasteiger charge is -2.65. The normalized spacial score (nSPS) is 39.6. The molecule has 6 rings (SSSR count). The van der Waals surface area contributed by atoms with Gasteiger partial charge >= 0.3 is 5.97 Å². The molecule has 10 heteroatoms. The van der Waals surface area contributed by atoms with Gasteiger partial charge in [0, 0.05) is 0 Å². The average Bonchev–Trinajstić information content (AvgIpc) is 3.22. The van der Waals surface area contributed by atoms with Crippen LogP contribution >= 0.6 is 0 Å². The Hall–Kier alpha value is -2.76. The van der Waals surface area contributed by atoms with Gasteiger partial charge in [0.15, 0.2) is 11.4 Å². The summed E-state index contributed by atoms with van der Waals surface area (Å²) in [5.74, 6) is -2.78. The summed E-state index contributed by atoms with van der Waals surface area (Å²) in [6.45, 7) is 2.92. The maximum atomic E-state index is 12.3. The summed E-state index contributed by atoms with van der Waals surface area (Å²) in [5.41, 5.74) is -5.10. The lowest BCUT2D eigenvalue weighted by Crippen LogP contribution is -2.83. The highest BCUT2D eigenvalue weighted by Gasteiger charge is 2.75. The van der Waals surface area contributed by atoms with Crippen molar-refractivity contribution in [2.75, 3.05) is 0 Å². The van der Waals surface area contributed by atoms with Crippen LogP contribution < -0.4 is 4.74 Å². The number of Topliss-reactive ketones (excluding diaryl/α,β-unsaturated/α-hetero) is 1. The number of carbonyl (C=O) groups excluding carboxylic acids is 1. The number of ether oxygens (including phenoxy) is 2. The number of fused-ring (bicyclic) bond motifs is 4. The van der Waals surface area contributed by atoms with E-state index in [9.17, 15) is 40.2 Å². The number of rotatable bonds is 4. The van der Waals surface area contributed by atoms with Gasteiger partial charge in [0.05, 0.1) is 22.1 Å². The highest BCUT2D eigenvalue weighted by Crippen LogP contribution is 2.61. The summed E-state index contributed by atoms with van der Waals surface area (Å²) in [6.07, 6.45) is -1.83. The molecule has 0 unspecified atom stereocenters. The maximum absolute atomic E-state index is 12.3. The van der Waals surface area contributed by atoms with Crippen molar-refractivity contribution in [3.63, 3.8) is 0 Å². The number of aromatic carboxylic acids is 1. The fraction of sp³-hybridized carbons (Fsp3) is 0.571. The van der Waals surface area contributed by atoms with E-state index in [-0.39, 0.29) is 45.9 Å². The van der Waals surface area contributed by atoms with Crippen LogP contribution in [0.5, 0.6) is 11.5 Å². The summed E-state index contributed by atoms with van der Waals surface area (Å²) < 4.78 is 12.3. The van der Waals surface area contributed by atoms with Crippen LogP contribution in [0.4, 0.5) is 0 Å². The summed E-state index contributed by atoms with van der Waals surface area (Å²) in [6, 6.07) is 4.06. The van der Waals surface area contributed by atoms with Crippen molar-refractivity contribution >= 4 is 22.5 Å². The molecule has 6 N–H and O–H groups in total. The maximum Gasteiger partial charge on any atom is 0.335 e. The Bertz CT molecular complexity index is 1370. The van der Waals surface area contributed by atoms with Crippen molar-refractivity contribution < 1.29 is 49.7 Å². The number of aryl methyl sites for hydroxylation is 1. The van der Waals surface area contributed by atoms with Gasteiger partial charge in [-0.05, 0) is 80.9 Å². The molecule has 4 aliphatic rings. The molecule has 1 aliphatic heterocycles. The first-order valence-corrected chi connectivity index (χ1v) is 13.0. The molecule has 0 radical (unpaired) electrons. The molecule has 1 saturated heterocycles. The number of carboxylic acid groups (broad SMARTS) is 1. The number of phenolic OH excluding ortho intramolecular Hbond substituents is 1. The van der Waals surface area contributed by atoms with Crippen LogP contribution in [-0.4, -0.2) is 77.7 Å². The Morgan fingerprint density at radius 1 is 1.05 bits per heavy atom. The summed E-state index contributed by atoms with van der Waals surface area (Å²) in [5, 5.41) is 67.6. The zero-order valence-electron chi connectivity index (χ0n) is 21.2. The largest absolute Gasteiger partial charge is 0.506 e. The van der Waals surface area contributed by atoms with E-state index in [1.54, 1.807) is 13.0 Å². The van der Waals surface area contributed by atoms with Crippen LogP contribution in [0.3, 0.4) is 0 Å². The van der Waals surface area contributed by atoms with Gasteiger partial charge in [-0.25, -0.2) is 4.79 Å². The van der Waals surface area contributed by atoms with Crippen molar-refractivity contribution in [2.45, 2.75) is 87.7 Å². The van der Waals surface area contributed by atoms with Gasteiger partial charge < -0.3 is 40.1 Å². The molecular formula is C28H32O10. The van der Waals surface area contributed by atoms with Crippen molar-refractivity contribution in [1.29, 1.82) is 0 Å². The van der Waals surface area contributed by atoms with Gasteiger partial charge in [-0.1, -0.05) is 12.5 Å². The number of aliphatic hydroxyl groups is 4. The minimum Gasteiger partial charge on any atom is -0.506 e. The zero-order valence-corrected chi connectivity index (χ0v) is 21.2. The predicted octanol–water partition coefficient (Wildman–Crippen LogP) is 2.03. The number of carbonyl (C=O) groups is 2. The zero-order chi connectivity index (χ0) is 27.4. The molecular weight excluding hydrogens is 496 g/mol. The molecule has 38 heavy (non-hydrogen) atoms. The Labute approximate surface area is 218 Å². The standard InChI is InChI=1S/C28H32O10/c1-12-8-14-9-15(22(31)32)10-18(20(14)21(30)19(12)13(2)29)37-25-27(35)7-5-17-11-16-4-3-6-26(16,34)24(38-25)28(17,36)23(27)33/h8-10,16-17,23-25,30,33-36H,3-7,11H2,1-2H3,(H,31,32)/t16-,17+,23-,24-,25+,26+,27-,28-/m1/s1. The SMILES string of the molecule is CC(=O)c1c(C)cc2cc(C(=O)O)cc(O[C@H]3O[C@@H]4[C@]5(O)CCC[C@@H]5C[C@@H]5CC[C@@]3(O)[C@@H](O)[C@]54O)c2c1O. The Balaban J connectivity index is 1.51. The van der Waals surface area contributed by atoms with Crippen LogP contribution in [0, 0.1) is 18.8 Å². The smallest absolute Gasteiger partial charge is 0.335 e. The molecule has 10 nitrogen and oxygen atoms in total. The lowest BCUT2D eigenvalue weighted by molar-refractivity contribution is -0.410. The Kier molecular flexibility index (Phi) is 5.45. The van der Waals surface area contributed by atoms with E-state index in [2.05, 4.69) is 0 Å². The number of aromatic hydroxyl groups is 1. The van der Waals surface area contributed by atoms with Crippen molar-refractivity contribution in [1.82, 2.24) is 0 Å². The van der Waals surface area contributed by atoms with Crippen molar-refractivity contribution in [2.24, 2.45) is 11.8 Å². The van der Waals surface area contributed by atoms with E-state index in [0.29, 0.717) is 24.8 Å². The molecule has 3 saturated carbocycles. The highest BCUT2D eigenvalue weighted by atomic mass is 16.7. The third kappa shape index (κ3) is 3.18. The highest BCUT2D eigenvalue weighted by molar-refractivity contribution is 6.08. The van der Waals surface area contributed by atoms with E-state index in [0.717, 1.165) is 18.9 Å². The van der Waals surface area contributed by atoms with Crippen molar-refractivity contribution in [3.8, 4) is 11.5 Å². The number of hydrogen-bond acceptors (Lipinski definition) is 9. The van der Waals surface area contributed by atoms with Crippen LogP contribution in [0.1, 0.15) is 71.7 Å². The van der Waals surface area contributed by atoms with Crippen LogP contribution in [-0.2, 0) is 4.74 Å². The molecule has 4 fully saturated rings. The Morgan fingerprint density at radius 3 is 2.47 bits per heavy atom. The molecule has 0 spiro atoms. The monoisotopic (exact) mass is 528 g/mol. The fourth-order valence-electron chi connectivity index (χ4n) is 7.80. The van der Waals surface area contributed by atoms with E-state index >= 15 is 0 Å². The van der Waals surface area contributed by atoms with E-state index < -0.39 is 52.8 Å². The average molecular weight is 529 g/mol. The van der Waals surface area contributed by atoms with Gasteiger partial charge in [0.1, 0.15) is 29.3 Å². The molecule has 2 aromatic carbocycles. The van der Waals surface area contributed by atoms with Crippen molar-refractivity contribution in [3.05, 3.63) is 34.9 Å². The predicted molar refractivity (Wildman–Crippen MR) is 132 cm³/mol. The van der Waals surface area contributed by atoms with Crippen LogP contribution in [0.2, 0.25) is 0 Å². The molecule has 0 aromatic heterocycles. The van der Waals surface area contributed by atoms with E-state index in [1.807, 2.05) is 0 Å². The second-order valence-corrected chi connectivity index (χ2v) is 11.6. The molecule has 2 aromatic rings. The first-order valence-electron chi connectivity index (χ1n) is 13.0. The second-order valence-electron chi connectivity index (χ2n) is 11.6. The minimum atomic E-state index is -2.08. The molecule has 8 atom stereocenters. The number of benzene rings is 2. The van der Waals surface area contributed by atoms with Gasteiger partial charge in [-0.2, -0.15) is 0 Å². The quantitative estimate of drug-likeness (QED) is 0.322. The summed E-state index contributed by atoms with van der Waals surface area (Å²) >= 11 is 0. The number of phenols is 1. The third-order valence-corrected chi connectivity index (χ3v) is 9.61. The summed E-state index contributed by atoms with van der Waals surface area (Å²) in [4.78, 5) is 24.2. The van der Waals surface area contributed by atoms with E-state index in [1.165, 1.54) is 13.0 Å². The molecule has 2 bridgehead atoms. The van der Waals surface area contributed by atoms with Crippen LogP contribution in [0.15, 0.2) is 18.2 Å². The topological polar surface area (TPSA) is 174 Å². The number of carboxylic acids is 1. The molecule has 3 aliphatic carbocycles. The number of ketones is 1. The molecule has 1 heterocycles. The first kappa shape index (κ1) is 25.5. The third-order valence-electron chi connectivity index (χ3n) is 9.61.